The Labute approximate surface area is 107 Å². The van der Waals surface area contributed by atoms with E-state index in [1.165, 1.54) is 12.8 Å². The Morgan fingerprint density at radius 2 is 2.18 bits per heavy atom. The molecule has 7 heteroatoms. The normalized spacial score (nSPS) is 15.7. The van der Waals surface area contributed by atoms with E-state index in [2.05, 4.69) is 20.1 Å². The molecule has 90 valence electrons. The van der Waals surface area contributed by atoms with Crippen LogP contribution >= 0.6 is 23.6 Å². The molecule has 0 aromatic carbocycles. The van der Waals surface area contributed by atoms with Crippen molar-refractivity contribution in [3.63, 3.8) is 0 Å². The van der Waals surface area contributed by atoms with Crippen molar-refractivity contribution >= 4 is 28.7 Å². The van der Waals surface area contributed by atoms with E-state index in [0.717, 1.165) is 28.8 Å². The fourth-order valence-electron chi connectivity index (χ4n) is 1.95. The third-order valence-corrected chi connectivity index (χ3v) is 4.18. The molecule has 0 atom stereocenters. The first kappa shape index (κ1) is 10.9. The van der Waals surface area contributed by atoms with Crippen molar-refractivity contribution in [1.82, 2.24) is 15.2 Å². The first-order chi connectivity index (χ1) is 8.24. The molecule has 0 aliphatic carbocycles. The summed E-state index contributed by atoms with van der Waals surface area (Å²) in [7, 11) is 0. The Kier molecular flexibility index (Phi) is 2.71. The van der Waals surface area contributed by atoms with Gasteiger partial charge in [0.2, 0.25) is 0 Å². The van der Waals surface area contributed by atoms with Gasteiger partial charge in [-0.25, -0.2) is 10.1 Å². The van der Waals surface area contributed by atoms with Crippen molar-refractivity contribution < 1.29 is 4.42 Å². The summed E-state index contributed by atoms with van der Waals surface area (Å²) in [5.41, 5.74) is 0.946. The molecule has 0 spiro atoms. The lowest BCUT2D eigenvalue weighted by Gasteiger charge is -2.11. The van der Waals surface area contributed by atoms with Gasteiger partial charge in [0.05, 0.1) is 5.69 Å². The molecule has 1 N–H and O–H groups in total. The monoisotopic (exact) mass is 268 g/mol. The fourth-order valence-corrected chi connectivity index (χ4v) is 3.12. The SMILES string of the molecule is Cc1nc(N2CCCC2)sc1-c1n[nH]c(=S)o1. The highest BCUT2D eigenvalue weighted by atomic mass is 32.1. The van der Waals surface area contributed by atoms with Gasteiger partial charge in [-0.2, -0.15) is 0 Å². The Morgan fingerprint density at radius 3 is 2.82 bits per heavy atom. The van der Waals surface area contributed by atoms with Gasteiger partial charge in [0, 0.05) is 13.1 Å². The third kappa shape index (κ3) is 2.00. The Balaban J connectivity index is 1.98. The molecule has 3 heterocycles. The number of aromatic nitrogens is 3. The van der Waals surface area contributed by atoms with Gasteiger partial charge < -0.3 is 9.32 Å². The van der Waals surface area contributed by atoms with Crippen molar-refractivity contribution in [2.45, 2.75) is 19.8 Å². The first-order valence-corrected chi connectivity index (χ1v) is 6.75. The minimum Gasteiger partial charge on any atom is -0.408 e. The maximum absolute atomic E-state index is 5.33. The smallest absolute Gasteiger partial charge is 0.284 e. The molecule has 0 radical (unpaired) electrons. The minimum absolute atomic E-state index is 0.301. The van der Waals surface area contributed by atoms with Gasteiger partial charge in [0.1, 0.15) is 4.88 Å². The Hall–Kier alpha value is -1.21. The van der Waals surface area contributed by atoms with Crippen LogP contribution in [0.5, 0.6) is 0 Å². The van der Waals surface area contributed by atoms with Crippen LogP contribution in [0.4, 0.5) is 5.13 Å². The van der Waals surface area contributed by atoms with Crippen LogP contribution in [0, 0.1) is 11.8 Å². The molecule has 1 saturated heterocycles. The van der Waals surface area contributed by atoms with E-state index in [4.69, 9.17) is 16.6 Å². The summed E-state index contributed by atoms with van der Waals surface area (Å²) in [6.07, 6.45) is 2.49. The van der Waals surface area contributed by atoms with Gasteiger partial charge in [-0.15, -0.1) is 5.10 Å². The fraction of sp³-hybridized carbons (Fsp3) is 0.500. The zero-order valence-corrected chi connectivity index (χ0v) is 11.0. The second-order valence-corrected chi connectivity index (χ2v) is 5.37. The molecule has 17 heavy (non-hydrogen) atoms. The Bertz CT molecular complexity index is 579. The number of nitrogens with zero attached hydrogens (tertiary/aromatic N) is 3. The molecule has 0 unspecified atom stereocenters. The number of anilines is 1. The first-order valence-electron chi connectivity index (χ1n) is 5.52. The van der Waals surface area contributed by atoms with Gasteiger partial charge in [-0.05, 0) is 32.0 Å². The van der Waals surface area contributed by atoms with Crippen LogP contribution in [0.2, 0.25) is 0 Å². The van der Waals surface area contributed by atoms with Crippen LogP contribution in [0.3, 0.4) is 0 Å². The number of H-pyrrole nitrogens is 1. The van der Waals surface area contributed by atoms with Gasteiger partial charge in [0.25, 0.3) is 10.7 Å². The van der Waals surface area contributed by atoms with E-state index < -0.39 is 0 Å². The lowest BCUT2D eigenvalue weighted by Crippen LogP contribution is -2.17. The van der Waals surface area contributed by atoms with Crippen LogP contribution in [0.15, 0.2) is 4.42 Å². The van der Waals surface area contributed by atoms with Gasteiger partial charge >= 0.3 is 0 Å². The van der Waals surface area contributed by atoms with Crippen molar-refractivity contribution in [2.24, 2.45) is 0 Å². The van der Waals surface area contributed by atoms with E-state index in [1.807, 2.05) is 6.92 Å². The molecular weight excluding hydrogens is 256 g/mol. The second-order valence-electron chi connectivity index (χ2n) is 4.02. The van der Waals surface area contributed by atoms with E-state index in [0.29, 0.717) is 10.7 Å². The van der Waals surface area contributed by atoms with E-state index in [1.54, 1.807) is 11.3 Å². The molecule has 0 bridgehead atoms. The van der Waals surface area contributed by atoms with Crippen LogP contribution in [0.1, 0.15) is 18.5 Å². The summed E-state index contributed by atoms with van der Waals surface area (Å²) in [5, 5.41) is 7.73. The number of hydrogen-bond acceptors (Lipinski definition) is 6. The van der Waals surface area contributed by atoms with E-state index in [9.17, 15) is 0 Å². The number of aromatic amines is 1. The summed E-state index contributed by atoms with van der Waals surface area (Å²) in [4.78, 5) is 8.14. The summed E-state index contributed by atoms with van der Waals surface area (Å²) >= 11 is 6.49. The molecule has 1 fully saturated rings. The average molecular weight is 268 g/mol. The van der Waals surface area contributed by atoms with Gasteiger partial charge in [-0.1, -0.05) is 11.3 Å². The lowest BCUT2D eigenvalue weighted by atomic mass is 10.4. The predicted octanol–water partition coefficient (Wildman–Crippen LogP) is 2.76. The number of hydrogen-bond donors (Lipinski definition) is 1. The van der Waals surface area contributed by atoms with E-state index >= 15 is 0 Å². The molecule has 0 saturated carbocycles. The number of thiazole rings is 1. The number of nitrogens with one attached hydrogen (secondary N) is 1. The highest BCUT2D eigenvalue weighted by molar-refractivity contribution is 7.71. The zero-order chi connectivity index (χ0) is 11.8. The van der Waals surface area contributed by atoms with Gasteiger partial charge in [0.15, 0.2) is 5.13 Å². The zero-order valence-electron chi connectivity index (χ0n) is 9.39. The predicted molar refractivity (Wildman–Crippen MR) is 69.0 cm³/mol. The molecule has 0 amide bonds. The number of rotatable bonds is 2. The standard InChI is InChI=1S/C10H12N4OS2/c1-6-7(8-12-13-10(16)15-8)17-9(11-6)14-4-2-3-5-14/h2-5H2,1H3,(H,13,16). The van der Waals surface area contributed by atoms with Crippen LogP contribution in [0.25, 0.3) is 10.8 Å². The van der Waals surface area contributed by atoms with Crippen molar-refractivity contribution in [1.29, 1.82) is 0 Å². The summed E-state index contributed by atoms with van der Waals surface area (Å²) in [6.45, 7) is 4.16. The molecule has 5 nitrogen and oxygen atoms in total. The highest BCUT2D eigenvalue weighted by Crippen LogP contribution is 2.34. The Morgan fingerprint density at radius 1 is 1.41 bits per heavy atom. The second kappa shape index (κ2) is 4.23. The van der Waals surface area contributed by atoms with Crippen molar-refractivity contribution in [3.05, 3.63) is 10.5 Å². The third-order valence-electron chi connectivity index (χ3n) is 2.79. The molecule has 1 aliphatic rings. The molecule has 3 rings (SSSR count). The van der Waals surface area contributed by atoms with Crippen LogP contribution in [-0.2, 0) is 0 Å². The van der Waals surface area contributed by atoms with Crippen LogP contribution in [-0.4, -0.2) is 28.3 Å². The highest BCUT2D eigenvalue weighted by Gasteiger charge is 2.20. The van der Waals surface area contributed by atoms with E-state index in [-0.39, 0.29) is 0 Å². The van der Waals surface area contributed by atoms with Gasteiger partial charge in [-0.3, -0.25) is 0 Å². The molecule has 1 aliphatic heterocycles. The average Bonchev–Trinajstić information content (AvgIpc) is 2.97. The summed E-state index contributed by atoms with van der Waals surface area (Å²) in [5.74, 6) is 0.537. The largest absolute Gasteiger partial charge is 0.408 e. The van der Waals surface area contributed by atoms with Crippen molar-refractivity contribution in [3.8, 4) is 10.8 Å². The maximum atomic E-state index is 5.33. The molecule has 2 aromatic heterocycles. The lowest BCUT2D eigenvalue weighted by molar-refractivity contribution is 0.553. The summed E-state index contributed by atoms with van der Waals surface area (Å²) < 4.78 is 5.33. The minimum atomic E-state index is 0.301. The molecular formula is C10H12N4OS2. The number of aryl methyl sites for hydroxylation is 1. The van der Waals surface area contributed by atoms with Crippen LogP contribution < -0.4 is 4.90 Å². The molecule has 2 aromatic rings. The van der Waals surface area contributed by atoms with Crippen molar-refractivity contribution in [2.75, 3.05) is 18.0 Å². The topological polar surface area (TPSA) is 58.0 Å². The summed E-state index contributed by atoms with van der Waals surface area (Å²) in [6, 6.07) is 0. The quantitative estimate of drug-likeness (QED) is 0.849. The maximum Gasteiger partial charge on any atom is 0.284 e.